The van der Waals surface area contributed by atoms with E-state index in [1.54, 1.807) is 7.11 Å². The summed E-state index contributed by atoms with van der Waals surface area (Å²) in [7, 11) is 1.74. The average molecular weight is 231 g/mol. The van der Waals surface area contributed by atoms with Gasteiger partial charge >= 0.3 is 0 Å². The summed E-state index contributed by atoms with van der Waals surface area (Å²) in [4.78, 5) is 0. The van der Waals surface area contributed by atoms with Crippen molar-refractivity contribution in [2.45, 2.75) is 25.9 Å². The van der Waals surface area contributed by atoms with Crippen LogP contribution in [0.25, 0.3) is 0 Å². The molecule has 1 rings (SSSR count). The average Bonchev–Trinajstić information content (AvgIpc) is 2.36. The fraction of sp³-hybridized carbons (Fsp3) is 0.333. The Morgan fingerprint density at radius 2 is 2.29 bits per heavy atom. The molecule has 0 saturated heterocycles. The minimum atomic E-state index is -0.172. The van der Waals surface area contributed by atoms with E-state index >= 15 is 0 Å². The summed E-state index contributed by atoms with van der Waals surface area (Å²) < 4.78 is 5.44. The van der Waals surface area contributed by atoms with Gasteiger partial charge in [-0.3, -0.25) is 0 Å². The summed E-state index contributed by atoms with van der Waals surface area (Å²) in [6.45, 7) is 4.09. The van der Waals surface area contributed by atoms with Crippen LogP contribution in [0.2, 0.25) is 0 Å². The van der Waals surface area contributed by atoms with Gasteiger partial charge in [-0.1, -0.05) is 36.5 Å². The van der Waals surface area contributed by atoms with Crippen molar-refractivity contribution in [3.63, 3.8) is 0 Å². The zero-order chi connectivity index (χ0) is 12.7. The largest absolute Gasteiger partial charge is 0.405 e. The zero-order valence-corrected chi connectivity index (χ0v) is 10.8. The van der Waals surface area contributed by atoms with E-state index in [9.17, 15) is 0 Å². The van der Waals surface area contributed by atoms with Crippen LogP contribution >= 0.6 is 0 Å². The van der Waals surface area contributed by atoms with Crippen molar-refractivity contribution in [1.29, 1.82) is 0 Å². The molecule has 0 heterocycles. The molecule has 0 aromatic rings. The van der Waals surface area contributed by atoms with Gasteiger partial charge in [0.05, 0.1) is 5.60 Å². The molecule has 1 aliphatic rings. The highest BCUT2D eigenvalue weighted by atomic mass is 16.5. The van der Waals surface area contributed by atoms with Crippen LogP contribution in [0.4, 0.5) is 0 Å². The molecule has 2 heteroatoms. The van der Waals surface area contributed by atoms with E-state index in [-0.39, 0.29) is 5.60 Å². The molecule has 1 unspecified atom stereocenters. The van der Waals surface area contributed by atoms with Crippen LogP contribution in [0.5, 0.6) is 0 Å². The Labute approximate surface area is 104 Å². The molecule has 0 saturated carbocycles. The molecular weight excluding hydrogens is 210 g/mol. The predicted octanol–water partition coefficient (Wildman–Crippen LogP) is 3.25. The van der Waals surface area contributed by atoms with Gasteiger partial charge < -0.3 is 10.5 Å². The van der Waals surface area contributed by atoms with Crippen LogP contribution < -0.4 is 5.73 Å². The fourth-order valence-corrected chi connectivity index (χ4v) is 1.67. The van der Waals surface area contributed by atoms with Crippen molar-refractivity contribution in [3.05, 3.63) is 59.9 Å². The molecule has 17 heavy (non-hydrogen) atoms. The lowest BCUT2D eigenvalue weighted by Gasteiger charge is -2.26. The second kappa shape index (κ2) is 6.26. The van der Waals surface area contributed by atoms with E-state index in [1.807, 2.05) is 25.2 Å². The second-order valence-corrected chi connectivity index (χ2v) is 4.22. The van der Waals surface area contributed by atoms with Gasteiger partial charge in [-0.25, -0.2) is 0 Å². The fourth-order valence-electron chi connectivity index (χ4n) is 1.67. The Morgan fingerprint density at radius 3 is 2.76 bits per heavy atom. The molecular formula is C15H21NO. The monoisotopic (exact) mass is 231 g/mol. The first kappa shape index (κ1) is 13.5. The van der Waals surface area contributed by atoms with Crippen molar-refractivity contribution >= 4 is 0 Å². The SMILES string of the molecule is C/C=C/C(=C\C=C/N)C1=CCC(C)(OC)C=C1. The van der Waals surface area contributed by atoms with E-state index in [2.05, 4.69) is 31.2 Å². The summed E-state index contributed by atoms with van der Waals surface area (Å²) in [5.74, 6) is 0. The van der Waals surface area contributed by atoms with Gasteiger partial charge in [0.25, 0.3) is 0 Å². The highest BCUT2D eigenvalue weighted by Crippen LogP contribution is 2.27. The Morgan fingerprint density at radius 1 is 1.53 bits per heavy atom. The first-order valence-electron chi connectivity index (χ1n) is 5.81. The standard InChI is InChI=1S/C15H21NO/c1-4-6-13(7-5-12-16)14-8-10-15(2,17-3)11-9-14/h4-10,12H,11,16H2,1-3H3/b6-4+,12-5-,13-7+. The Kier molecular flexibility index (Phi) is 4.98. The lowest BCUT2D eigenvalue weighted by Crippen LogP contribution is -2.25. The van der Waals surface area contributed by atoms with Crippen molar-refractivity contribution in [2.75, 3.05) is 7.11 Å². The smallest absolute Gasteiger partial charge is 0.0868 e. The molecule has 1 aliphatic carbocycles. The molecule has 92 valence electrons. The number of nitrogens with two attached hydrogens (primary N) is 1. The van der Waals surface area contributed by atoms with Crippen LogP contribution in [0.1, 0.15) is 20.3 Å². The van der Waals surface area contributed by atoms with Gasteiger partial charge in [0.15, 0.2) is 0 Å². The highest BCUT2D eigenvalue weighted by Gasteiger charge is 2.21. The van der Waals surface area contributed by atoms with E-state index in [1.165, 1.54) is 11.8 Å². The molecule has 0 radical (unpaired) electrons. The number of allylic oxidation sites excluding steroid dienone is 7. The third-order valence-corrected chi connectivity index (χ3v) is 2.88. The summed E-state index contributed by atoms with van der Waals surface area (Å²) in [6, 6.07) is 0. The summed E-state index contributed by atoms with van der Waals surface area (Å²) in [5.41, 5.74) is 7.55. The number of rotatable bonds is 4. The molecule has 0 aliphatic heterocycles. The third kappa shape index (κ3) is 3.75. The van der Waals surface area contributed by atoms with Crippen LogP contribution in [-0.4, -0.2) is 12.7 Å². The van der Waals surface area contributed by atoms with Gasteiger partial charge in [-0.15, -0.1) is 0 Å². The van der Waals surface area contributed by atoms with E-state index < -0.39 is 0 Å². The molecule has 1 atom stereocenters. The minimum Gasteiger partial charge on any atom is -0.405 e. The molecule has 0 bridgehead atoms. The van der Waals surface area contributed by atoms with Crippen LogP contribution in [0, 0.1) is 0 Å². The van der Waals surface area contributed by atoms with E-state index in [4.69, 9.17) is 10.5 Å². The van der Waals surface area contributed by atoms with Gasteiger partial charge in [0.1, 0.15) is 0 Å². The molecule has 0 spiro atoms. The van der Waals surface area contributed by atoms with Crippen LogP contribution in [0.15, 0.2) is 59.9 Å². The van der Waals surface area contributed by atoms with Gasteiger partial charge in [-0.2, -0.15) is 0 Å². The Hall–Kier alpha value is -1.54. The van der Waals surface area contributed by atoms with Crippen molar-refractivity contribution in [1.82, 2.24) is 0 Å². The molecule has 0 amide bonds. The maximum absolute atomic E-state index is 5.44. The lowest BCUT2D eigenvalue weighted by atomic mass is 9.90. The normalized spacial score (nSPS) is 25.8. The third-order valence-electron chi connectivity index (χ3n) is 2.88. The number of ether oxygens (including phenoxy) is 1. The summed E-state index contributed by atoms with van der Waals surface area (Å²) in [5, 5.41) is 0. The van der Waals surface area contributed by atoms with Gasteiger partial charge in [0.2, 0.25) is 0 Å². The summed E-state index contributed by atoms with van der Waals surface area (Å²) in [6.07, 6.45) is 16.8. The Bertz CT molecular complexity index is 399. The number of hydrogen-bond acceptors (Lipinski definition) is 2. The first-order valence-corrected chi connectivity index (χ1v) is 5.81. The zero-order valence-electron chi connectivity index (χ0n) is 10.8. The lowest BCUT2D eigenvalue weighted by molar-refractivity contribution is 0.0503. The first-order chi connectivity index (χ1) is 8.15. The van der Waals surface area contributed by atoms with Crippen LogP contribution in [-0.2, 0) is 4.74 Å². The van der Waals surface area contributed by atoms with Gasteiger partial charge in [0, 0.05) is 7.11 Å². The van der Waals surface area contributed by atoms with Crippen molar-refractivity contribution in [3.8, 4) is 0 Å². The molecule has 2 N–H and O–H groups in total. The predicted molar refractivity (Wildman–Crippen MR) is 73.5 cm³/mol. The van der Waals surface area contributed by atoms with Crippen LogP contribution in [0.3, 0.4) is 0 Å². The molecule has 0 fully saturated rings. The summed E-state index contributed by atoms with van der Waals surface area (Å²) >= 11 is 0. The van der Waals surface area contributed by atoms with Gasteiger partial charge in [-0.05, 0) is 43.7 Å². The molecule has 2 nitrogen and oxygen atoms in total. The second-order valence-electron chi connectivity index (χ2n) is 4.22. The maximum atomic E-state index is 5.44. The van der Waals surface area contributed by atoms with E-state index in [0.717, 1.165) is 12.0 Å². The maximum Gasteiger partial charge on any atom is 0.0868 e. The Balaban J connectivity index is 2.91. The van der Waals surface area contributed by atoms with Crippen molar-refractivity contribution < 1.29 is 4.74 Å². The quantitative estimate of drug-likeness (QED) is 0.754. The highest BCUT2D eigenvalue weighted by molar-refractivity contribution is 5.50. The number of hydrogen-bond donors (Lipinski definition) is 1. The number of methoxy groups -OCH3 is 1. The van der Waals surface area contributed by atoms with E-state index in [0.29, 0.717) is 0 Å². The topological polar surface area (TPSA) is 35.2 Å². The van der Waals surface area contributed by atoms with Crippen molar-refractivity contribution in [2.24, 2.45) is 5.73 Å². The molecule has 0 aromatic heterocycles. The molecule has 0 aromatic carbocycles. The minimum absolute atomic E-state index is 0.172.